The molecule has 9 heteroatoms. The second kappa shape index (κ2) is 10.8. The molecule has 0 spiro atoms. The van der Waals surface area contributed by atoms with Gasteiger partial charge in [0.05, 0.1) is 18.9 Å². The van der Waals surface area contributed by atoms with Crippen molar-refractivity contribution in [1.29, 1.82) is 0 Å². The third kappa shape index (κ3) is 6.05. The van der Waals surface area contributed by atoms with E-state index in [-0.39, 0.29) is 41.5 Å². The second-order valence-corrected chi connectivity index (χ2v) is 10.7. The number of hydrogen-bond acceptors (Lipinski definition) is 4. The van der Waals surface area contributed by atoms with Gasteiger partial charge in [-0.15, -0.1) is 0 Å². The SMILES string of the molecule is CCC(NC(=O)C1CCN(S(=O)(=O)Cc2c(F)cccc2Cl)CC1)c1ccc(OC)c(C)c1. The fourth-order valence-corrected chi connectivity index (χ4v) is 6.09. The monoisotopic (exact) mass is 496 g/mol. The molecule has 1 atom stereocenters. The highest BCUT2D eigenvalue weighted by molar-refractivity contribution is 7.88. The summed E-state index contributed by atoms with van der Waals surface area (Å²) < 4.78 is 46.3. The van der Waals surface area contributed by atoms with Crippen molar-refractivity contribution in [2.75, 3.05) is 20.2 Å². The molecule has 1 fully saturated rings. The Balaban J connectivity index is 1.60. The van der Waals surface area contributed by atoms with Gasteiger partial charge in [-0.2, -0.15) is 0 Å². The van der Waals surface area contributed by atoms with Crippen LogP contribution in [-0.2, 0) is 20.6 Å². The second-order valence-electron chi connectivity index (χ2n) is 8.33. The van der Waals surface area contributed by atoms with Crippen LogP contribution in [0, 0.1) is 18.7 Å². The Morgan fingerprint density at radius 1 is 1.27 bits per heavy atom. The summed E-state index contributed by atoms with van der Waals surface area (Å²) in [6.45, 7) is 4.39. The number of ether oxygens (including phenoxy) is 1. The van der Waals surface area contributed by atoms with E-state index in [1.54, 1.807) is 7.11 Å². The fourth-order valence-electron chi connectivity index (χ4n) is 4.17. The predicted octanol–water partition coefficient (Wildman–Crippen LogP) is 4.61. The number of aryl methyl sites for hydroxylation is 1. The first kappa shape index (κ1) is 25.5. The Labute approximate surface area is 200 Å². The number of methoxy groups -OCH3 is 1. The van der Waals surface area contributed by atoms with Gasteiger partial charge in [-0.05, 0) is 55.5 Å². The summed E-state index contributed by atoms with van der Waals surface area (Å²) in [6, 6.07) is 9.83. The van der Waals surface area contributed by atoms with Crippen molar-refractivity contribution < 1.29 is 22.3 Å². The minimum atomic E-state index is -3.75. The van der Waals surface area contributed by atoms with Gasteiger partial charge in [-0.25, -0.2) is 17.1 Å². The summed E-state index contributed by atoms with van der Waals surface area (Å²) in [5.41, 5.74) is 1.97. The highest BCUT2D eigenvalue weighted by Crippen LogP contribution is 2.28. The van der Waals surface area contributed by atoms with Crippen LogP contribution in [0.15, 0.2) is 36.4 Å². The van der Waals surface area contributed by atoms with Crippen LogP contribution in [0.2, 0.25) is 5.02 Å². The van der Waals surface area contributed by atoms with Gasteiger partial charge >= 0.3 is 0 Å². The van der Waals surface area contributed by atoms with Crippen LogP contribution in [-0.4, -0.2) is 38.8 Å². The van der Waals surface area contributed by atoms with Crippen molar-refractivity contribution in [1.82, 2.24) is 9.62 Å². The van der Waals surface area contributed by atoms with Gasteiger partial charge in [-0.3, -0.25) is 4.79 Å². The lowest BCUT2D eigenvalue weighted by Gasteiger charge is -2.31. The molecule has 0 aliphatic carbocycles. The first-order valence-electron chi connectivity index (χ1n) is 11.0. The highest BCUT2D eigenvalue weighted by Gasteiger charge is 2.32. The van der Waals surface area contributed by atoms with Crippen molar-refractivity contribution in [3.8, 4) is 5.75 Å². The molecule has 33 heavy (non-hydrogen) atoms. The maximum absolute atomic E-state index is 14.1. The van der Waals surface area contributed by atoms with E-state index in [4.69, 9.17) is 16.3 Å². The molecule has 0 bridgehead atoms. The van der Waals surface area contributed by atoms with E-state index < -0.39 is 21.6 Å². The van der Waals surface area contributed by atoms with E-state index in [2.05, 4.69) is 5.32 Å². The van der Waals surface area contributed by atoms with E-state index in [0.29, 0.717) is 12.8 Å². The molecule has 1 aliphatic heterocycles. The van der Waals surface area contributed by atoms with Crippen LogP contribution in [0.4, 0.5) is 4.39 Å². The van der Waals surface area contributed by atoms with Gasteiger partial charge in [0.15, 0.2) is 0 Å². The van der Waals surface area contributed by atoms with E-state index in [1.807, 2.05) is 32.0 Å². The maximum atomic E-state index is 14.1. The Kier molecular flexibility index (Phi) is 8.37. The first-order valence-corrected chi connectivity index (χ1v) is 13.0. The summed E-state index contributed by atoms with van der Waals surface area (Å²) in [5, 5.41) is 3.20. The molecule has 180 valence electrons. The van der Waals surface area contributed by atoms with Gasteiger partial charge in [0.2, 0.25) is 15.9 Å². The summed E-state index contributed by atoms with van der Waals surface area (Å²) in [6.07, 6.45) is 1.55. The van der Waals surface area contributed by atoms with Crippen molar-refractivity contribution in [2.45, 2.75) is 44.9 Å². The Hall–Kier alpha value is -2.16. The smallest absolute Gasteiger partial charge is 0.223 e. The zero-order valence-corrected chi connectivity index (χ0v) is 20.7. The number of carbonyl (C=O) groups excluding carboxylic acids is 1. The summed E-state index contributed by atoms with van der Waals surface area (Å²) in [5.74, 6) is -0.694. The standard InChI is InChI=1S/C24H30ClFN2O4S/c1-4-22(18-8-9-23(32-3)16(2)14-18)27-24(29)17-10-12-28(13-11-17)33(30,31)15-19-20(25)6-5-7-21(19)26/h5-9,14,17,22H,4,10-13,15H2,1-3H3,(H,27,29). The molecule has 1 unspecified atom stereocenters. The van der Waals surface area contributed by atoms with Gasteiger partial charge < -0.3 is 10.1 Å². The third-order valence-corrected chi connectivity index (χ3v) is 8.31. The first-order chi connectivity index (χ1) is 15.7. The lowest BCUT2D eigenvalue weighted by molar-refractivity contribution is -0.126. The quantitative estimate of drug-likeness (QED) is 0.579. The lowest BCUT2D eigenvalue weighted by Crippen LogP contribution is -2.44. The Morgan fingerprint density at radius 3 is 2.55 bits per heavy atom. The number of carbonyl (C=O) groups is 1. The molecule has 1 amide bonds. The number of hydrogen-bond donors (Lipinski definition) is 1. The minimum absolute atomic E-state index is 0.0281. The van der Waals surface area contributed by atoms with Crippen molar-refractivity contribution >= 4 is 27.5 Å². The molecule has 2 aromatic carbocycles. The molecular weight excluding hydrogens is 467 g/mol. The number of benzene rings is 2. The number of piperidine rings is 1. The van der Waals surface area contributed by atoms with Gasteiger partial charge in [0.25, 0.3) is 0 Å². The van der Waals surface area contributed by atoms with Crippen molar-refractivity contribution in [3.63, 3.8) is 0 Å². The molecular formula is C24H30ClFN2O4S. The van der Waals surface area contributed by atoms with Crippen molar-refractivity contribution in [3.05, 3.63) is 63.9 Å². The molecule has 2 aromatic rings. The molecule has 6 nitrogen and oxygen atoms in total. The van der Waals surface area contributed by atoms with Crippen LogP contribution in [0.25, 0.3) is 0 Å². The molecule has 1 N–H and O–H groups in total. The predicted molar refractivity (Wildman–Crippen MR) is 127 cm³/mol. The minimum Gasteiger partial charge on any atom is -0.496 e. The number of amides is 1. The number of nitrogens with zero attached hydrogens (tertiary/aromatic N) is 1. The Morgan fingerprint density at radius 2 is 1.97 bits per heavy atom. The van der Waals surface area contributed by atoms with Crippen LogP contribution in [0.1, 0.15) is 48.9 Å². The summed E-state index contributed by atoms with van der Waals surface area (Å²) in [4.78, 5) is 12.9. The molecule has 1 saturated heterocycles. The van der Waals surface area contributed by atoms with Crippen molar-refractivity contribution in [2.24, 2.45) is 5.92 Å². The van der Waals surface area contributed by atoms with Crippen LogP contribution >= 0.6 is 11.6 Å². The van der Waals surface area contributed by atoms with E-state index in [9.17, 15) is 17.6 Å². The van der Waals surface area contributed by atoms with Gasteiger partial charge in [0.1, 0.15) is 11.6 Å². The number of rotatable bonds is 8. The average molecular weight is 497 g/mol. The zero-order valence-electron chi connectivity index (χ0n) is 19.1. The molecule has 1 aliphatic rings. The van der Waals surface area contributed by atoms with Crippen LogP contribution in [0.5, 0.6) is 5.75 Å². The van der Waals surface area contributed by atoms with Crippen LogP contribution in [0.3, 0.4) is 0 Å². The van der Waals surface area contributed by atoms with E-state index >= 15 is 0 Å². The van der Waals surface area contributed by atoms with Crippen LogP contribution < -0.4 is 10.1 Å². The molecule has 1 heterocycles. The number of sulfonamides is 1. The largest absolute Gasteiger partial charge is 0.496 e. The topological polar surface area (TPSA) is 75.7 Å². The lowest BCUT2D eigenvalue weighted by atomic mass is 9.95. The average Bonchev–Trinajstić information content (AvgIpc) is 2.80. The highest BCUT2D eigenvalue weighted by atomic mass is 35.5. The molecule has 3 rings (SSSR count). The number of nitrogens with one attached hydrogen (secondary N) is 1. The van der Waals surface area contributed by atoms with Gasteiger partial charge in [-0.1, -0.05) is 36.7 Å². The van der Waals surface area contributed by atoms with E-state index in [1.165, 1.54) is 22.5 Å². The number of halogens is 2. The summed E-state index contributed by atoms with van der Waals surface area (Å²) in [7, 11) is -2.12. The molecule has 0 saturated carbocycles. The van der Waals surface area contributed by atoms with E-state index in [0.717, 1.165) is 23.3 Å². The fraction of sp³-hybridized carbons (Fsp3) is 0.458. The molecule has 0 aromatic heterocycles. The Bertz CT molecular complexity index is 1080. The van der Waals surface area contributed by atoms with Gasteiger partial charge in [0, 0.05) is 29.6 Å². The molecule has 0 radical (unpaired) electrons. The normalized spacial score (nSPS) is 16.4. The summed E-state index contributed by atoms with van der Waals surface area (Å²) >= 11 is 6.00. The maximum Gasteiger partial charge on any atom is 0.223 e. The zero-order chi connectivity index (χ0) is 24.2. The third-order valence-electron chi connectivity index (χ3n) is 6.15.